The molecule has 0 bridgehead atoms. The molecule has 32 heavy (non-hydrogen) atoms. The van der Waals surface area contributed by atoms with Crippen LogP contribution in [0.2, 0.25) is 0 Å². The third kappa shape index (κ3) is 5.91. The maximum Gasteiger partial charge on any atom is 0.224 e. The summed E-state index contributed by atoms with van der Waals surface area (Å²) in [7, 11) is -1.29. The minimum atomic E-state index is -1.29. The summed E-state index contributed by atoms with van der Waals surface area (Å²) < 4.78 is 15.8. The van der Waals surface area contributed by atoms with Gasteiger partial charge in [0.2, 0.25) is 5.91 Å². The van der Waals surface area contributed by atoms with Gasteiger partial charge in [0.05, 0.1) is 10.8 Å². The van der Waals surface area contributed by atoms with Crippen LogP contribution in [0.1, 0.15) is 23.5 Å². The monoisotopic (exact) mass is 447 g/mol. The van der Waals surface area contributed by atoms with Crippen LogP contribution in [0, 0.1) is 5.92 Å². The number of piperidine rings is 1. The molecule has 6 heteroatoms. The van der Waals surface area contributed by atoms with Crippen molar-refractivity contribution in [2.24, 2.45) is 5.92 Å². The van der Waals surface area contributed by atoms with Gasteiger partial charge in [-0.15, -0.1) is 0 Å². The van der Waals surface area contributed by atoms with Crippen molar-refractivity contribution in [3.8, 4) is 0 Å². The van der Waals surface area contributed by atoms with Gasteiger partial charge in [-0.3, -0.25) is 4.79 Å². The summed E-state index contributed by atoms with van der Waals surface area (Å²) in [5, 5.41) is 6.49. The van der Waals surface area contributed by atoms with E-state index in [9.17, 15) is 9.00 Å². The first kappa shape index (κ1) is 22.4. The summed E-state index contributed by atoms with van der Waals surface area (Å²) in [6, 6.07) is 29.8. The van der Waals surface area contributed by atoms with Crippen molar-refractivity contribution in [2.75, 3.05) is 19.6 Å². The Morgan fingerprint density at radius 2 is 1.44 bits per heavy atom. The Hall–Kier alpha value is -2.80. The van der Waals surface area contributed by atoms with Crippen molar-refractivity contribution in [1.29, 1.82) is 0 Å². The molecule has 0 aromatic heterocycles. The second-order valence-electron chi connectivity index (χ2n) is 8.11. The number of hydrogen-bond acceptors (Lipinski definition) is 3. The minimum Gasteiger partial charge on any atom is -0.355 e. The maximum atomic E-state index is 13.0. The van der Waals surface area contributed by atoms with E-state index >= 15 is 0 Å². The van der Waals surface area contributed by atoms with E-state index in [2.05, 4.69) is 39.6 Å². The Morgan fingerprint density at radius 1 is 0.875 bits per heavy atom. The first-order valence-corrected chi connectivity index (χ1v) is 12.2. The number of rotatable bonds is 8. The molecule has 0 spiro atoms. The van der Waals surface area contributed by atoms with E-state index in [4.69, 9.17) is 0 Å². The third-order valence-electron chi connectivity index (χ3n) is 5.84. The fourth-order valence-corrected chi connectivity index (χ4v) is 5.16. The van der Waals surface area contributed by atoms with Crippen LogP contribution in [-0.2, 0) is 15.8 Å². The van der Waals surface area contributed by atoms with Crippen LogP contribution in [0.25, 0.3) is 0 Å². The van der Waals surface area contributed by atoms with Gasteiger partial charge in [0, 0.05) is 31.6 Å². The molecule has 4 rings (SSSR count). The predicted molar refractivity (Wildman–Crippen MR) is 128 cm³/mol. The molecule has 3 atom stereocenters. The molecule has 1 aliphatic heterocycles. The summed E-state index contributed by atoms with van der Waals surface area (Å²) in [4.78, 5) is 13.8. The summed E-state index contributed by atoms with van der Waals surface area (Å²) in [6.07, 6.45) is 0.652. The fraction of sp³-hybridized carbons (Fsp3) is 0.269. The Morgan fingerprint density at radius 3 is 2.03 bits per heavy atom. The van der Waals surface area contributed by atoms with Crippen LogP contribution >= 0.6 is 0 Å². The van der Waals surface area contributed by atoms with Crippen LogP contribution < -0.4 is 15.4 Å². The average Bonchev–Trinajstić information content (AvgIpc) is 2.86. The minimum absolute atomic E-state index is 0.0282. The van der Waals surface area contributed by atoms with Crippen molar-refractivity contribution in [2.45, 2.75) is 23.3 Å². The standard InChI is InChI=1S/C26H29N3O2S/c30-26(22-16-23(18-27-17-22)29-32(31)24-14-8-3-9-15-24)28-19-25(20-10-4-1-5-11-20)21-12-6-2-7-13-21/h1-15,22-23,25,27,29H,16-19H2,(H,28,30). The van der Waals surface area contributed by atoms with Crippen LogP contribution in [0.4, 0.5) is 0 Å². The van der Waals surface area contributed by atoms with Crippen LogP contribution in [-0.4, -0.2) is 35.8 Å². The molecular formula is C26H29N3O2S. The second kappa shape index (κ2) is 11.2. The lowest BCUT2D eigenvalue weighted by Gasteiger charge is -2.30. The first-order valence-electron chi connectivity index (χ1n) is 11.0. The molecule has 5 nitrogen and oxygen atoms in total. The zero-order chi connectivity index (χ0) is 22.2. The van der Waals surface area contributed by atoms with Crippen molar-refractivity contribution in [3.05, 3.63) is 102 Å². The van der Waals surface area contributed by atoms with Crippen molar-refractivity contribution >= 4 is 16.9 Å². The molecular weight excluding hydrogens is 418 g/mol. The largest absolute Gasteiger partial charge is 0.355 e. The highest BCUT2D eigenvalue weighted by Crippen LogP contribution is 2.24. The lowest BCUT2D eigenvalue weighted by molar-refractivity contribution is -0.125. The highest BCUT2D eigenvalue weighted by Gasteiger charge is 2.28. The number of benzene rings is 3. The number of carbonyl (C=O) groups excluding carboxylic acids is 1. The Kier molecular flexibility index (Phi) is 7.82. The van der Waals surface area contributed by atoms with Crippen LogP contribution in [0.5, 0.6) is 0 Å². The van der Waals surface area contributed by atoms with Crippen LogP contribution in [0.15, 0.2) is 95.9 Å². The summed E-state index contributed by atoms with van der Waals surface area (Å²) >= 11 is 0. The quantitative estimate of drug-likeness (QED) is 0.497. The number of nitrogens with one attached hydrogen (secondary N) is 3. The topological polar surface area (TPSA) is 70.2 Å². The van der Waals surface area contributed by atoms with Gasteiger partial charge in [0.25, 0.3) is 0 Å². The van der Waals surface area contributed by atoms with Crippen molar-refractivity contribution in [1.82, 2.24) is 15.4 Å². The Labute approximate surface area is 192 Å². The van der Waals surface area contributed by atoms with E-state index in [-0.39, 0.29) is 23.8 Å². The summed E-state index contributed by atoms with van der Waals surface area (Å²) in [5.74, 6) is -0.0371. The molecule has 0 saturated carbocycles. The van der Waals surface area contributed by atoms with Gasteiger partial charge >= 0.3 is 0 Å². The first-order chi connectivity index (χ1) is 15.7. The van der Waals surface area contributed by atoms with Gasteiger partial charge in [-0.2, -0.15) is 0 Å². The summed E-state index contributed by atoms with van der Waals surface area (Å²) in [6.45, 7) is 1.86. The predicted octanol–water partition coefficient (Wildman–Crippen LogP) is 3.23. The van der Waals surface area contributed by atoms with Gasteiger partial charge in [0.1, 0.15) is 11.0 Å². The van der Waals surface area contributed by atoms with E-state index in [1.807, 2.05) is 66.7 Å². The zero-order valence-corrected chi connectivity index (χ0v) is 18.8. The molecule has 3 unspecified atom stereocenters. The SMILES string of the molecule is O=C(NCC(c1ccccc1)c1ccccc1)C1CNCC(NS(=O)c2ccccc2)C1. The molecule has 1 fully saturated rings. The molecule has 1 amide bonds. The van der Waals surface area contributed by atoms with E-state index < -0.39 is 11.0 Å². The number of hydrogen-bond donors (Lipinski definition) is 3. The molecule has 1 aliphatic rings. The molecule has 0 aliphatic carbocycles. The highest BCUT2D eigenvalue weighted by atomic mass is 32.2. The highest BCUT2D eigenvalue weighted by molar-refractivity contribution is 7.83. The number of amides is 1. The Bertz CT molecular complexity index is 976. The smallest absolute Gasteiger partial charge is 0.224 e. The molecule has 0 radical (unpaired) electrons. The molecule has 3 aromatic rings. The van der Waals surface area contributed by atoms with Gasteiger partial charge < -0.3 is 10.6 Å². The molecule has 3 N–H and O–H groups in total. The Balaban J connectivity index is 1.36. The summed E-state index contributed by atoms with van der Waals surface area (Å²) in [5.41, 5.74) is 2.36. The normalized spacial score (nSPS) is 19.4. The van der Waals surface area contributed by atoms with Crippen molar-refractivity contribution in [3.63, 3.8) is 0 Å². The maximum absolute atomic E-state index is 13.0. The number of carbonyl (C=O) groups is 1. The fourth-order valence-electron chi connectivity index (χ4n) is 4.14. The molecule has 1 heterocycles. The molecule has 1 saturated heterocycles. The lowest BCUT2D eigenvalue weighted by atomic mass is 9.90. The molecule has 166 valence electrons. The third-order valence-corrected chi connectivity index (χ3v) is 7.08. The van der Waals surface area contributed by atoms with E-state index in [1.165, 1.54) is 11.1 Å². The van der Waals surface area contributed by atoms with Gasteiger partial charge in [0.15, 0.2) is 0 Å². The average molecular weight is 448 g/mol. The van der Waals surface area contributed by atoms with Gasteiger partial charge in [-0.05, 0) is 29.7 Å². The van der Waals surface area contributed by atoms with Crippen molar-refractivity contribution < 1.29 is 9.00 Å². The van der Waals surface area contributed by atoms with Gasteiger partial charge in [-0.1, -0.05) is 78.9 Å². The van der Waals surface area contributed by atoms with E-state index in [0.717, 1.165) is 4.90 Å². The van der Waals surface area contributed by atoms with Gasteiger partial charge in [-0.25, -0.2) is 8.93 Å². The van der Waals surface area contributed by atoms with E-state index in [1.54, 1.807) is 0 Å². The van der Waals surface area contributed by atoms with Crippen LogP contribution in [0.3, 0.4) is 0 Å². The second-order valence-corrected chi connectivity index (χ2v) is 9.35. The zero-order valence-electron chi connectivity index (χ0n) is 17.9. The lowest BCUT2D eigenvalue weighted by Crippen LogP contribution is -2.51. The van der Waals surface area contributed by atoms with E-state index in [0.29, 0.717) is 26.1 Å². The molecule has 3 aromatic carbocycles.